The summed E-state index contributed by atoms with van der Waals surface area (Å²) in [5.74, 6) is 0.373. The van der Waals surface area contributed by atoms with Crippen molar-refractivity contribution >= 4 is 12.2 Å². The normalized spacial score (nSPS) is 19.9. The molecule has 0 bridgehead atoms. The molecule has 6 heteroatoms. The van der Waals surface area contributed by atoms with Gasteiger partial charge in [0, 0.05) is 24.5 Å². The van der Waals surface area contributed by atoms with Crippen LogP contribution in [0.5, 0.6) is 11.5 Å². The second kappa shape index (κ2) is 8.66. The molecular weight excluding hydrogens is 342 g/mol. The number of esters is 1. The van der Waals surface area contributed by atoms with Gasteiger partial charge in [-0.1, -0.05) is 0 Å². The van der Waals surface area contributed by atoms with E-state index in [9.17, 15) is 4.79 Å². The molecule has 1 saturated heterocycles. The van der Waals surface area contributed by atoms with Crippen molar-refractivity contribution in [2.24, 2.45) is 5.10 Å². The summed E-state index contributed by atoms with van der Waals surface area (Å²) in [5.41, 5.74) is 1.27. The highest BCUT2D eigenvalue weighted by atomic mass is 16.6. The highest BCUT2D eigenvalue weighted by molar-refractivity contribution is 5.91. The van der Waals surface area contributed by atoms with Crippen molar-refractivity contribution in [1.82, 2.24) is 9.99 Å². The Morgan fingerprint density at radius 1 is 1.22 bits per heavy atom. The van der Waals surface area contributed by atoms with E-state index in [0.717, 1.165) is 18.4 Å². The standard InChI is InChI=1S/C21H25N3O3/c1-15-6-4-7-16(2)24(15)23-13-17-9-10-19(20(12-17)26-3)27-21(25)18-8-5-11-22-14-18/h5,8-16H,4,6-7H2,1-3H3/b23-13-/t15-,16+. The molecule has 0 amide bonds. The molecular formula is C21H25N3O3. The maximum absolute atomic E-state index is 12.2. The van der Waals surface area contributed by atoms with E-state index in [1.54, 1.807) is 31.5 Å². The van der Waals surface area contributed by atoms with Gasteiger partial charge < -0.3 is 9.47 Å². The lowest BCUT2D eigenvalue weighted by atomic mass is 10.00. The van der Waals surface area contributed by atoms with Crippen LogP contribution < -0.4 is 9.47 Å². The van der Waals surface area contributed by atoms with Gasteiger partial charge in [0.1, 0.15) is 0 Å². The van der Waals surface area contributed by atoms with E-state index in [2.05, 4.69) is 28.9 Å². The highest BCUT2D eigenvalue weighted by Gasteiger charge is 2.22. The van der Waals surface area contributed by atoms with Crippen molar-refractivity contribution in [3.8, 4) is 11.5 Å². The third kappa shape index (κ3) is 4.64. The van der Waals surface area contributed by atoms with Gasteiger partial charge in [0.15, 0.2) is 11.5 Å². The van der Waals surface area contributed by atoms with Crippen LogP contribution in [0.3, 0.4) is 0 Å². The molecule has 1 fully saturated rings. The van der Waals surface area contributed by atoms with Crippen molar-refractivity contribution in [2.75, 3.05) is 7.11 Å². The molecule has 6 nitrogen and oxygen atoms in total. The van der Waals surface area contributed by atoms with Gasteiger partial charge in [0.2, 0.25) is 0 Å². The zero-order valence-electron chi connectivity index (χ0n) is 16.0. The van der Waals surface area contributed by atoms with E-state index in [1.807, 2.05) is 18.3 Å². The summed E-state index contributed by atoms with van der Waals surface area (Å²) in [6.07, 6.45) is 8.47. The van der Waals surface area contributed by atoms with Crippen LogP contribution in [0.1, 0.15) is 49.0 Å². The van der Waals surface area contributed by atoms with Crippen molar-refractivity contribution < 1.29 is 14.3 Å². The van der Waals surface area contributed by atoms with E-state index in [4.69, 9.17) is 9.47 Å². The molecule has 1 aliphatic heterocycles. The van der Waals surface area contributed by atoms with Crippen molar-refractivity contribution in [1.29, 1.82) is 0 Å². The zero-order chi connectivity index (χ0) is 19.2. The predicted molar refractivity (Wildman–Crippen MR) is 104 cm³/mol. The minimum absolute atomic E-state index is 0.364. The molecule has 2 atom stereocenters. The zero-order valence-corrected chi connectivity index (χ0v) is 16.0. The summed E-state index contributed by atoms with van der Waals surface area (Å²) in [4.78, 5) is 16.2. The minimum Gasteiger partial charge on any atom is -0.493 e. The fourth-order valence-corrected chi connectivity index (χ4v) is 3.26. The number of methoxy groups -OCH3 is 1. The average molecular weight is 367 g/mol. The van der Waals surface area contributed by atoms with Crippen molar-refractivity contribution in [3.63, 3.8) is 0 Å². The molecule has 142 valence electrons. The summed E-state index contributed by atoms with van der Waals surface area (Å²) in [6, 6.07) is 9.61. The number of carbonyl (C=O) groups excluding carboxylic acids is 1. The van der Waals surface area contributed by atoms with E-state index < -0.39 is 5.97 Å². The van der Waals surface area contributed by atoms with Crippen LogP contribution in [0.25, 0.3) is 0 Å². The number of rotatable bonds is 5. The second-order valence-corrected chi connectivity index (χ2v) is 6.80. The summed E-state index contributed by atoms with van der Waals surface area (Å²) >= 11 is 0. The number of nitrogens with zero attached hydrogens (tertiary/aromatic N) is 3. The number of hydrogen-bond donors (Lipinski definition) is 0. The second-order valence-electron chi connectivity index (χ2n) is 6.80. The van der Waals surface area contributed by atoms with Crippen LogP contribution in [0.2, 0.25) is 0 Å². The number of aromatic nitrogens is 1. The lowest BCUT2D eigenvalue weighted by Gasteiger charge is -2.36. The Labute approximate surface area is 159 Å². The molecule has 1 aromatic heterocycles. The number of pyridine rings is 1. The Balaban J connectivity index is 1.74. The Hall–Kier alpha value is -2.89. The fourth-order valence-electron chi connectivity index (χ4n) is 3.26. The number of piperidine rings is 1. The van der Waals surface area contributed by atoms with Crippen LogP contribution in [0, 0.1) is 0 Å². The van der Waals surface area contributed by atoms with Crippen LogP contribution in [-0.4, -0.2) is 41.4 Å². The SMILES string of the molecule is COc1cc(/C=N\N2[C@H](C)CCC[C@@H]2C)ccc1OC(=O)c1cccnc1. The van der Waals surface area contributed by atoms with Gasteiger partial charge in [-0.3, -0.25) is 9.99 Å². The molecule has 0 spiro atoms. The fraction of sp³-hybridized carbons (Fsp3) is 0.381. The number of ether oxygens (including phenoxy) is 2. The lowest BCUT2D eigenvalue weighted by Crippen LogP contribution is -2.39. The molecule has 2 heterocycles. The lowest BCUT2D eigenvalue weighted by molar-refractivity contribution is 0.0729. The topological polar surface area (TPSA) is 64.0 Å². The monoisotopic (exact) mass is 367 g/mol. The molecule has 0 radical (unpaired) electrons. The Morgan fingerprint density at radius 3 is 2.67 bits per heavy atom. The van der Waals surface area contributed by atoms with Gasteiger partial charge >= 0.3 is 5.97 Å². The first-order chi connectivity index (χ1) is 13.1. The maximum Gasteiger partial charge on any atom is 0.345 e. The molecule has 1 aliphatic rings. The van der Waals surface area contributed by atoms with Crippen LogP contribution >= 0.6 is 0 Å². The predicted octanol–water partition coefficient (Wildman–Crippen LogP) is 3.91. The molecule has 1 aromatic carbocycles. The van der Waals surface area contributed by atoms with E-state index >= 15 is 0 Å². The molecule has 0 saturated carbocycles. The molecule has 27 heavy (non-hydrogen) atoms. The third-order valence-corrected chi connectivity index (χ3v) is 4.77. The Bertz CT molecular complexity index is 798. The Kier molecular flexibility index (Phi) is 6.06. The number of hydrazone groups is 1. The van der Waals surface area contributed by atoms with E-state index in [0.29, 0.717) is 29.1 Å². The van der Waals surface area contributed by atoms with E-state index in [1.165, 1.54) is 12.6 Å². The smallest absolute Gasteiger partial charge is 0.345 e. The van der Waals surface area contributed by atoms with Gasteiger partial charge in [-0.05, 0) is 69.0 Å². The number of hydrogen-bond acceptors (Lipinski definition) is 6. The van der Waals surface area contributed by atoms with E-state index in [-0.39, 0.29) is 0 Å². The number of carbonyl (C=O) groups is 1. The van der Waals surface area contributed by atoms with Gasteiger partial charge in [-0.25, -0.2) is 4.79 Å². The van der Waals surface area contributed by atoms with Crippen LogP contribution in [0.4, 0.5) is 0 Å². The average Bonchev–Trinajstić information content (AvgIpc) is 2.69. The Morgan fingerprint density at radius 2 is 2.00 bits per heavy atom. The first kappa shape index (κ1) is 18.9. The molecule has 0 aliphatic carbocycles. The molecule has 0 unspecified atom stereocenters. The summed E-state index contributed by atoms with van der Waals surface area (Å²) in [6.45, 7) is 4.41. The van der Waals surface area contributed by atoms with Crippen molar-refractivity contribution in [3.05, 3.63) is 53.9 Å². The largest absolute Gasteiger partial charge is 0.493 e. The summed E-state index contributed by atoms with van der Waals surface area (Å²) in [7, 11) is 1.55. The van der Waals surface area contributed by atoms with Gasteiger partial charge in [0.25, 0.3) is 0 Å². The van der Waals surface area contributed by atoms with Crippen LogP contribution in [-0.2, 0) is 0 Å². The molecule has 3 rings (SSSR count). The summed E-state index contributed by atoms with van der Waals surface area (Å²) < 4.78 is 10.8. The molecule has 0 N–H and O–H groups in total. The first-order valence-corrected chi connectivity index (χ1v) is 9.21. The number of benzene rings is 1. The summed E-state index contributed by atoms with van der Waals surface area (Å²) in [5, 5.41) is 6.82. The maximum atomic E-state index is 12.2. The highest BCUT2D eigenvalue weighted by Crippen LogP contribution is 2.29. The van der Waals surface area contributed by atoms with Gasteiger partial charge in [-0.15, -0.1) is 0 Å². The first-order valence-electron chi connectivity index (χ1n) is 9.21. The molecule has 2 aromatic rings. The van der Waals surface area contributed by atoms with Crippen LogP contribution in [0.15, 0.2) is 47.8 Å². The van der Waals surface area contributed by atoms with Gasteiger partial charge in [0.05, 0.1) is 18.9 Å². The third-order valence-electron chi connectivity index (χ3n) is 4.77. The van der Waals surface area contributed by atoms with Crippen molar-refractivity contribution in [2.45, 2.75) is 45.2 Å². The minimum atomic E-state index is -0.473. The van der Waals surface area contributed by atoms with Gasteiger partial charge in [-0.2, -0.15) is 5.10 Å². The quantitative estimate of drug-likeness (QED) is 0.455.